The number of aliphatic hydroxyl groups excluding tert-OH is 1. The number of benzene rings is 1. The lowest BCUT2D eigenvalue weighted by atomic mass is 10.1. The average molecular weight is 295 g/mol. The predicted molar refractivity (Wildman–Crippen MR) is 86.4 cm³/mol. The van der Waals surface area contributed by atoms with Crippen LogP contribution in [0.2, 0.25) is 0 Å². The molecule has 20 heavy (non-hydrogen) atoms. The maximum absolute atomic E-state index is 11.9. The SMILES string of the molecule is CCCCc1ccc(C(=O)NCCSCCCO)cc1. The lowest BCUT2D eigenvalue weighted by Gasteiger charge is -2.06. The quantitative estimate of drug-likeness (QED) is 0.653. The average Bonchev–Trinajstić information content (AvgIpc) is 2.49. The summed E-state index contributed by atoms with van der Waals surface area (Å²) in [4.78, 5) is 11.9. The van der Waals surface area contributed by atoms with E-state index in [1.165, 1.54) is 18.4 Å². The summed E-state index contributed by atoms with van der Waals surface area (Å²) in [6.07, 6.45) is 4.28. The van der Waals surface area contributed by atoms with Gasteiger partial charge in [-0.05, 0) is 42.7 Å². The Labute approximate surface area is 126 Å². The number of amides is 1. The topological polar surface area (TPSA) is 49.3 Å². The molecular formula is C16H25NO2S. The molecule has 0 saturated carbocycles. The molecule has 0 bridgehead atoms. The van der Waals surface area contributed by atoms with Crippen LogP contribution in [0.3, 0.4) is 0 Å². The third kappa shape index (κ3) is 6.96. The summed E-state index contributed by atoms with van der Waals surface area (Å²) in [6, 6.07) is 7.89. The summed E-state index contributed by atoms with van der Waals surface area (Å²) < 4.78 is 0. The van der Waals surface area contributed by atoms with Crippen LogP contribution in [0.25, 0.3) is 0 Å². The molecule has 112 valence electrons. The van der Waals surface area contributed by atoms with Crippen molar-refractivity contribution < 1.29 is 9.90 Å². The number of thioether (sulfide) groups is 1. The second-order valence-electron chi connectivity index (χ2n) is 4.75. The van der Waals surface area contributed by atoms with Gasteiger partial charge in [0.05, 0.1) is 0 Å². The first-order valence-corrected chi connectivity index (χ1v) is 8.49. The Morgan fingerprint density at radius 2 is 1.95 bits per heavy atom. The minimum Gasteiger partial charge on any atom is -0.396 e. The second kappa shape index (κ2) is 10.7. The van der Waals surface area contributed by atoms with Crippen LogP contribution in [-0.2, 0) is 6.42 Å². The van der Waals surface area contributed by atoms with Crippen molar-refractivity contribution in [2.24, 2.45) is 0 Å². The Hall–Kier alpha value is -1.00. The van der Waals surface area contributed by atoms with E-state index in [-0.39, 0.29) is 12.5 Å². The van der Waals surface area contributed by atoms with Gasteiger partial charge in [0, 0.05) is 24.5 Å². The number of carbonyl (C=O) groups is 1. The normalized spacial score (nSPS) is 10.5. The van der Waals surface area contributed by atoms with Gasteiger partial charge in [0.2, 0.25) is 0 Å². The van der Waals surface area contributed by atoms with E-state index in [4.69, 9.17) is 5.11 Å². The number of aliphatic hydroxyl groups is 1. The van der Waals surface area contributed by atoms with Crippen molar-refractivity contribution in [1.82, 2.24) is 5.32 Å². The fourth-order valence-corrected chi connectivity index (χ4v) is 2.59. The molecule has 1 aromatic carbocycles. The number of rotatable bonds is 10. The van der Waals surface area contributed by atoms with Gasteiger partial charge < -0.3 is 10.4 Å². The van der Waals surface area contributed by atoms with Crippen molar-refractivity contribution in [1.29, 1.82) is 0 Å². The maximum atomic E-state index is 11.9. The molecule has 0 spiro atoms. The first kappa shape index (κ1) is 17.1. The van der Waals surface area contributed by atoms with E-state index in [1.807, 2.05) is 24.3 Å². The number of aryl methyl sites for hydroxylation is 1. The van der Waals surface area contributed by atoms with E-state index in [1.54, 1.807) is 11.8 Å². The van der Waals surface area contributed by atoms with Gasteiger partial charge in [0.1, 0.15) is 0 Å². The van der Waals surface area contributed by atoms with E-state index < -0.39 is 0 Å². The van der Waals surface area contributed by atoms with Crippen LogP contribution < -0.4 is 5.32 Å². The van der Waals surface area contributed by atoms with E-state index in [2.05, 4.69) is 12.2 Å². The minimum absolute atomic E-state index is 0.00482. The minimum atomic E-state index is -0.00482. The highest BCUT2D eigenvalue weighted by Gasteiger charge is 2.04. The van der Waals surface area contributed by atoms with Crippen molar-refractivity contribution in [3.8, 4) is 0 Å². The van der Waals surface area contributed by atoms with E-state index >= 15 is 0 Å². The molecule has 0 fully saturated rings. The molecule has 1 rings (SSSR count). The summed E-state index contributed by atoms with van der Waals surface area (Å²) in [5, 5.41) is 11.6. The molecule has 0 saturated heterocycles. The molecule has 3 nitrogen and oxygen atoms in total. The van der Waals surface area contributed by atoms with E-state index in [0.717, 1.165) is 29.9 Å². The molecule has 0 atom stereocenters. The molecule has 0 aliphatic heterocycles. The highest BCUT2D eigenvalue weighted by Crippen LogP contribution is 2.08. The molecule has 0 aliphatic rings. The highest BCUT2D eigenvalue weighted by molar-refractivity contribution is 7.99. The standard InChI is InChI=1S/C16H25NO2S/c1-2-3-5-14-6-8-15(9-7-14)16(19)17-10-13-20-12-4-11-18/h6-9,18H,2-5,10-13H2,1H3,(H,17,19). The van der Waals surface area contributed by atoms with Crippen molar-refractivity contribution in [2.45, 2.75) is 32.6 Å². The zero-order chi connectivity index (χ0) is 14.6. The van der Waals surface area contributed by atoms with Gasteiger partial charge in [-0.3, -0.25) is 4.79 Å². The summed E-state index contributed by atoms with van der Waals surface area (Å²) in [5.74, 6) is 1.83. The molecule has 0 heterocycles. The fraction of sp³-hybridized carbons (Fsp3) is 0.562. The van der Waals surface area contributed by atoms with Crippen LogP contribution in [0.5, 0.6) is 0 Å². The van der Waals surface area contributed by atoms with Crippen molar-refractivity contribution in [3.63, 3.8) is 0 Å². The number of carbonyl (C=O) groups excluding carboxylic acids is 1. The Morgan fingerprint density at radius 3 is 2.60 bits per heavy atom. The zero-order valence-electron chi connectivity index (χ0n) is 12.2. The Balaban J connectivity index is 2.25. The molecule has 0 aromatic heterocycles. The fourth-order valence-electron chi connectivity index (χ4n) is 1.81. The lowest BCUT2D eigenvalue weighted by molar-refractivity contribution is 0.0956. The number of hydrogen-bond donors (Lipinski definition) is 2. The Bertz CT molecular complexity index is 379. The molecule has 1 amide bonds. The van der Waals surface area contributed by atoms with Crippen LogP contribution in [0.4, 0.5) is 0 Å². The third-order valence-corrected chi connectivity index (χ3v) is 4.08. The monoisotopic (exact) mass is 295 g/mol. The number of unbranched alkanes of at least 4 members (excludes halogenated alkanes) is 1. The summed E-state index contributed by atoms with van der Waals surface area (Å²) in [7, 11) is 0. The van der Waals surface area contributed by atoms with Crippen LogP contribution in [-0.4, -0.2) is 35.7 Å². The van der Waals surface area contributed by atoms with Gasteiger partial charge in [-0.1, -0.05) is 25.5 Å². The van der Waals surface area contributed by atoms with Crippen molar-refractivity contribution in [2.75, 3.05) is 24.7 Å². The predicted octanol–water partition coefficient (Wildman–Crippen LogP) is 2.87. The molecule has 0 aliphatic carbocycles. The number of nitrogens with one attached hydrogen (secondary N) is 1. The van der Waals surface area contributed by atoms with E-state index in [0.29, 0.717) is 6.54 Å². The highest BCUT2D eigenvalue weighted by atomic mass is 32.2. The van der Waals surface area contributed by atoms with Crippen LogP contribution in [0.1, 0.15) is 42.1 Å². The smallest absolute Gasteiger partial charge is 0.251 e. The van der Waals surface area contributed by atoms with Gasteiger partial charge in [-0.2, -0.15) is 11.8 Å². The second-order valence-corrected chi connectivity index (χ2v) is 5.97. The Morgan fingerprint density at radius 1 is 1.20 bits per heavy atom. The van der Waals surface area contributed by atoms with Crippen LogP contribution in [0.15, 0.2) is 24.3 Å². The van der Waals surface area contributed by atoms with Crippen molar-refractivity contribution in [3.05, 3.63) is 35.4 Å². The van der Waals surface area contributed by atoms with E-state index in [9.17, 15) is 4.79 Å². The zero-order valence-corrected chi connectivity index (χ0v) is 13.0. The molecular weight excluding hydrogens is 270 g/mol. The maximum Gasteiger partial charge on any atom is 0.251 e. The molecule has 0 unspecified atom stereocenters. The largest absolute Gasteiger partial charge is 0.396 e. The van der Waals surface area contributed by atoms with Gasteiger partial charge in [0.15, 0.2) is 0 Å². The van der Waals surface area contributed by atoms with Crippen molar-refractivity contribution >= 4 is 17.7 Å². The first-order valence-electron chi connectivity index (χ1n) is 7.33. The Kier molecular flexibility index (Phi) is 9.16. The summed E-state index contributed by atoms with van der Waals surface area (Å²) in [5.41, 5.74) is 2.02. The van der Waals surface area contributed by atoms with Crippen LogP contribution in [0, 0.1) is 0 Å². The molecule has 1 aromatic rings. The summed E-state index contributed by atoms with van der Waals surface area (Å²) >= 11 is 1.75. The number of hydrogen-bond acceptors (Lipinski definition) is 3. The van der Waals surface area contributed by atoms with Gasteiger partial charge in [-0.25, -0.2) is 0 Å². The first-order chi connectivity index (χ1) is 9.77. The third-order valence-electron chi connectivity index (χ3n) is 3.01. The van der Waals surface area contributed by atoms with Gasteiger partial charge in [-0.15, -0.1) is 0 Å². The van der Waals surface area contributed by atoms with Gasteiger partial charge >= 0.3 is 0 Å². The van der Waals surface area contributed by atoms with Gasteiger partial charge in [0.25, 0.3) is 5.91 Å². The molecule has 2 N–H and O–H groups in total. The molecule has 4 heteroatoms. The lowest BCUT2D eigenvalue weighted by Crippen LogP contribution is -2.25. The van der Waals surface area contributed by atoms with Crippen LogP contribution >= 0.6 is 11.8 Å². The summed E-state index contributed by atoms with van der Waals surface area (Å²) in [6.45, 7) is 3.09. The molecule has 0 radical (unpaired) electrons.